The van der Waals surface area contributed by atoms with Crippen molar-refractivity contribution in [3.8, 4) is 5.75 Å². The van der Waals surface area contributed by atoms with E-state index in [2.05, 4.69) is 17.8 Å². The number of alkyl halides is 4. The van der Waals surface area contributed by atoms with Crippen molar-refractivity contribution >= 4 is 24.9 Å². The maximum atomic E-state index is 11.9. The van der Waals surface area contributed by atoms with E-state index in [-0.39, 0.29) is 5.75 Å². The van der Waals surface area contributed by atoms with E-state index in [1.54, 1.807) is 12.1 Å². The standard InChI is InChI=1S/C10H12ClF3OSi/c1-16(2,7-11)9-5-3-8(4-6-9)15-10(12,13)14/h3-6H,7H2,1-2H3. The summed E-state index contributed by atoms with van der Waals surface area (Å²) in [5, 5.41) is 1.01. The Morgan fingerprint density at radius 3 is 2.06 bits per heavy atom. The smallest absolute Gasteiger partial charge is 0.406 e. The van der Waals surface area contributed by atoms with Crippen molar-refractivity contribution in [1.29, 1.82) is 0 Å². The lowest BCUT2D eigenvalue weighted by Gasteiger charge is -2.19. The van der Waals surface area contributed by atoms with Crippen molar-refractivity contribution in [2.45, 2.75) is 19.5 Å². The molecular formula is C10H12ClF3OSi. The topological polar surface area (TPSA) is 9.23 Å². The third-order valence-corrected chi connectivity index (χ3v) is 6.77. The van der Waals surface area contributed by atoms with Gasteiger partial charge in [0.25, 0.3) is 0 Å². The van der Waals surface area contributed by atoms with E-state index < -0.39 is 14.4 Å². The monoisotopic (exact) mass is 268 g/mol. The highest BCUT2D eigenvalue weighted by molar-refractivity contribution is 6.94. The van der Waals surface area contributed by atoms with Gasteiger partial charge in [-0.1, -0.05) is 30.4 Å². The van der Waals surface area contributed by atoms with Gasteiger partial charge in [0.1, 0.15) is 5.75 Å². The van der Waals surface area contributed by atoms with E-state index in [0.717, 1.165) is 5.19 Å². The van der Waals surface area contributed by atoms with Gasteiger partial charge in [0.05, 0.1) is 8.07 Å². The quantitative estimate of drug-likeness (QED) is 0.604. The Kier molecular flexibility index (Phi) is 3.91. The Morgan fingerprint density at radius 1 is 1.19 bits per heavy atom. The predicted octanol–water partition coefficient (Wildman–Crippen LogP) is 3.28. The highest BCUT2D eigenvalue weighted by Crippen LogP contribution is 2.22. The summed E-state index contributed by atoms with van der Waals surface area (Å²) in [6.07, 6.45) is -4.64. The average Bonchev–Trinajstić information content (AvgIpc) is 2.16. The zero-order valence-corrected chi connectivity index (χ0v) is 10.7. The van der Waals surface area contributed by atoms with Crippen molar-refractivity contribution in [3.05, 3.63) is 24.3 Å². The third-order valence-electron chi connectivity index (χ3n) is 2.20. The number of halogens is 4. The molecule has 90 valence electrons. The van der Waals surface area contributed by atoms with Crippen molar-refractivity contribution in [3.63, 3.8) is 0 Å². The van der Waals surface area contributed by atoms with Crippen LogP contribution in [0.25, 0.3) is 0 Å². The van der Waals surface area contributed by atoms with Gasteiger partial charge in [-0.25, -0.2) is 0 Å². The van der Waals surface area contributed by atoms with Crippen LogP contribution in [0.5, 0.6) is 5.75 Å². The van der Waals surface area contributed by atoms with Crippen LogP contribution in [0.15, 0.2) is 24.3 Å². The Morgan fingerprint density at radius 2 is 1.69 bits per heavy atom. The minimum Gasteiger partial charge on any atom is -0.406 e. The second-order valence-electron chi connectivity index (χ2n) is 4.09. The van der Waals surface area contributed by atoms with Gasteiger partial charge in [-0.3, -0.25) is 0 Å². The van der Waals surface area contributed by atoms with Gasteiger partial charge in [0, 0.05) is 5.50 Å². The van der Waals surface area contributed by atoms with Crippen LogP contribution in [0, 0.1) is 0 Å². The fourth-order valence-electron chi connectivity index (χ4n) is 1.18. The van der Waals surface area contributed by atoms with Gasteiger partial charge in [-0.2, -0.15) is 0 Å². The molecule has 0 atom stereocenters. The largest absolute Gasteiger partial charge is 0.573 e. The van der Waals surface area contributed by atoms with E-state index in [1.165, 1.54) is 12.1 Å². The van der Waals surface area contributed by atoms with Crippen molar-refractivity contribution in [2.24, 2.45) is 0 Å². The Labute approximate surface area is 98.2 Å². The van der Waals surface area contributed by atoms with Gasteiger partial charge >= 0.3 is 6.36 Å². The Bertz CT molecular complexity index is 348. The first-order valence-electron chi connectivity index (χ1n) is 4.67. The highest BCUT2D eigenvalue weighted by atomic mass is 35.5. The molecule has 0 radical (unpaired) electrons. The first-order valence-corrected chi connectivity index (χ1v) is 8.41. The third kappa shape index (κ3) is 3.72. The lowest BCUT2D eigenvalue weighted by atomic mass is 10.3. The summed E-state index contributed by atoms with van der Waals surface area (Å²) in [4.78, 5) is 0. The number of hydrogen-bond donors (Lipinski definition) is 0. The zero-order chi connectivity index (χ0) is 12.4. The SMILES string of the molecule is C[Si](C)(CCl)c1ccc(OC(F)(F)F)cc1. The van der Waals surface area contributed by atoms with Crippen LogP contribution in [0.1, 0.15) is 0 Å². The van der Waals surface area contributed by atoms with Gasteiger partial charge in [-0.15, -0.1) is 24.8 Å². The summed E-state index contributed by atoms with van der Waals surface area (Å²) in [6.45, 7) is 4.11. The summed E-state index contributed by atoms with van der Waals surface area (Å²) in [6, 6.07) is 5.94. The number of hydrogen-bond acceptors (Lipinski definition) is 1. The van der Waals surface area contributed by atoms with E-state index >= 15 is 0 Å². The molecule has 0 aliphatic heterocycles. The van der Waals surface area contributed by atoms with Crippen LogP contribution in [0.4, 0.5) is 13.2 Å². The van der Waals surface area contributed by atoms with E-state index in [4.69, 9.17) is 11.6 Å². The lowest BCUT2D eigenvalue weighted by Crippen LogP contribution is -2.43. The number of ether oxygens (including phenoxy) is 1. The van der Waals surface area contributed by atoms with Crippen molar-refractivity contribution < 1.29 is 17.9 Å². The molecule has 0 bridgehead atoms. The average molecular weight is 269 g/mol. The van der Waals surface area contributed by atoms with Crippen LogP contribution in [-0.4, -0.2) is 19.9 Å². The highest BCUT2D eigenvalue weighted by Gasteiger charge is 2.31. The molecule has 6 heteroatoms. The molecule has 16 heavy (non-hydrogen) atoms. The summed E-state index contributed by atoms with van der Waals surface area (Å²) < 4.78 is 39.5. The normalized spacial score (nSPS) is 12.6. The fraction of sp³-hybridized carbons (Fsp3) is 0.400. The van der Waals surface area contributed by atoms with E-state index in [1.807, 2.05) is 0 Å². The maximum absolute atomic E-state index is 11.9. The van der Waals surface area contributed by atoms with E-state index in [9.17, 15) is 13.2 Å². The van der Waals surface area contributed by atoms with Gasteiger partial charge in [0.15, 0.2) is 0 Å². The maximum Gasteiger partial charge on any atom is 0.573 e. The minimum absolute atomic E-state index is 0.198. The van der Waals surface area contributed by atoms with Gasteiger partial charge < -0.3 is 4.74 Å². The number of rotatable bonds is 3. The first kappa shape index (κ1) is 13.4. The summed E-state index contributed by atoms with van der Waals surface area (Å²) >= 11 is 5.82. The minimum atomic E-state index is -4.64. The molecule has 0 saturated carbocycles. The first-order chi connectivity index (χ1) is 7.24. The molecule has 0 amide bonds. The molecule has 0 aliphatic rings. The molecule has 0 unspecified atom stereocenters. The molecule has 1 rings (SSSR count). The predicted molar refractivity (Wildman–Crippen MR) is 61.0 cm³/mol. The summed E-state index contributed by atoms with van der Waals surface area (Å²) in [7, 11) is -1.71. The second kappa shape index (κ2) is 4.67. The number of benzene rings is 1. The Balaban J connectivity index is 2.84. The molecule has 0 saturated heterocycles. The van der Waals surface area contributed by atoms with Crippen LogP contribution in [0.3, 0.4) is 0 Å². The molecule has 0 aliphatic carbocycles. The molecule has 0 spiro atoms. The molecule has 0 fully saturated rings. The molecule has 1 aromatic carbocycles. The van der Waals surface area contributed by atoms with Crippen LogP contribution in [0.2, 0.25) is 13.1 Å². The molecular weight excluding hydrogens is 257 g/mol. The van der Waals surface area contributed by atoms with Crippen molar-refractivity contribution in [1.82, 2.24) is 0 Å². The molecule has 1 nitrogen and oxygen atoms in total. The van der Waals surface area contributed by atoms with Crippen LogP contribution < -0.4 is 9.92 Å². The summed E-state index contributed by atoms with van der Waals surface area (Å²) in [5.41, 5.74) is 0.534. The van der Waals surface area contributed by atoms with E-state index in [0.29, 0.717) is 5.50 Å². The molecule has 0 aromatic heterocycles. The molecule has 0 N–H and O–H groups in total. The molecule has 0 heterocycles. The van der Waals surface area contributed by atoms with Gasteiger partial charge in [-0.05, 0) is 12.1 Å². The lowest BCUT2D eigenvalue weighted by molar-refractivity contribution is -0.274. The van der Waals surface area contributed by atoms with Gasteiger partial charge in [0.2, 0.25) is 0 Å². The van der Waals surface area contributed by atoms with Crippen LogP contribution in [-0.2, 0) is 0 Å². The zero-order valence-electron chi connectivity index (χ0n) is 8.94. The fourth-order valence-corrected chi connectivity index (χ4v) is 2.87. The van der Waals surface area contributed by atoms with Crippen molar-refractivity contribution in [2.75, 3.05) is 5.50 Å². The molecule has 1 aromatic rings. The van der Waals surface area contributed by atoms with Crippen LogP contribution >= 0.6 is 11.6 Å². The Hall–Kier alpha value is -0.683. The summed E-state index contributed by atoms with van der Waals surface area (Å²) in [5.74, 6) is -0.198. The second-order valence-corrected chi connectivity index (χ2v) is 9.50.